The lowest BCUT2D eigenvalue weighted by Crippen LogP contribution is -2.41. The molecule has 0 spiro atoms. The van der Waals surface area contributed by atoms with Crippen molar-refractivity contribution < 1.29 is 57.3 Å². The highest BCUT2D eigenvalue weighted by Crippen LogP contribution is 2.34. The van der Waals surface area contributed by atoms with Crippen LogP contribution in [-0.2, 0) is 52.2 Å². The van der Waals surface area contributed by atoms with E-state index in [0.29, 0.717) is 118 Å². The van der Waals surface area contributed by atoms with Gasteiger partial charge in [-0.3, -0.25) is 14.5 Å². The SMILES string of the molecule is CCCOCCOCCOCCN(CCOCCOCCOCCNC(=O)C1(C)CC/C=C/C(CC)CC1)CCOCCOCCOCCC(=O)O. The lowest BCUT2D eigenvalue weighted by atomic mass is 9.76. The second-order valence-corrected chi connectivity index (χ2v) is 13.0. The van der Waals surface area contributed by atoms with Crippen LogP contribution in [0.15, 0.2) is 12.2 Å². The van der Waals surface area contributed by atoms with Gasteiger partial charge in [-0.15, -0.1) is 0 Å². The smallest absolute Gasteiger partial charge is 0.305 e. The third-order valence-electron chi connectivity index (χ3n) is 8.64. The molecule has 306 valence electrons. The minimum Gasteiger partial charge on any atom is -0.481 e. The number of ether oxygens (including phenoxy) is 9. The van der Waals surface area contributed by atoms with Crippen molar-refractivity contribution in [1.82, 2.24) is 10.2 Å². The molecule has 0 saturated carbocycles. The van der Waals surface area contributed by atoms with Crippen molar-refractivity contribution in [3.63, 3.8) is 0 Å². The van der Waals surface area contributed by atoms with Gasteiger partial charge in [-0.25, -0.2) is 0 Å². The average Bonchev–Trinajstić information content (AvgIpc) is 3.13. The third-order valence-corrected chi connectivity index (χ3v) is 8.64. The van der Waals surface area contributed by atoms with E-state index in [0.717, 1.165) is 64.8 Å². The summed E-state index contributed by atoms with van der Waals surface area (Å²) in [4.78, 5) is 25.6. The number of rotatable bonds is 37. The van der Waals surface area contributed by atoms with Crippen molar-refractivity contribution in [3.05, 3.63) is 12.2 Å². The van der Waals surface area contributed by atoms with Crippen LogP contribution in [0.3, 0.4) is 0 Å². The molecule has 0 bridgehead atoms. The minimum absolute atomic E-state index is 0.0107. The normalized spacial score (nSPS) is 18.3. The zero-order valence-corrected chi connectivity index (χ0v) is 32.6. The molecule has 1 aliphatic rings. The van der Waals surface area contributed by atoms with Gasteiger partial charge in [0.25, 0.3) is 0 Å². The molecule has 0 fully saturated rings. The first kappa shape index (κ1) is 48.3. The third kappa shape index (κ3) is 28.7. The first-order valence-electron chi connectivity index (χ1n) is 19.5. The lowest BCUT2D eigenvalue weighted by Gasteiger charge is -2.30. The number of hydrogen-bond donors (Lipinski definition) is 2. The van der Waals surface area contributed by atoms with Crippen molar-refractivity contribution in [2.24, 2.45) is 11.3 Å². The van der Waals surface area contributed by atoms with E-state index in [2.05, 4.69) is 43.1 Å². The van der Waals surface area contributed by atoms with Gasteiger partial charge in [-0.2, -0.15) is 0 Å². The largest absolute Gasteiger partial charge is 0.481 e. The van der Waals surface area contributed by atoms with Crippen LogP contribution in [0.5, 0.6) is 0 Å². The summed E-state index contributed by atoms with van der Waals surface area (Å²) in [7, 11) is 0. The van der Waals surface area contributed by atoms with E-state index in [-0.39, 0.29) is 24.3 Å². The van der Waals surface area contributed by atoms with Crippen LogP contribution in [0.25, 0.3) is 0 Å². The molecular weight excluding hydrogens is 676 g/mol. The van der Waals surface area contributed by atoms with E-state index in [9.17, 15) is 9.59 Å². The van der Waals surface area contributed by atoms with Crippen LogP contribution in [-0.4, -0.2) is 167 Å². The second kappa shape index (κ2) is 35.0. The van der Waals surface area contributed by atoms with Crippen LogP contribution in [0.1, 0.15) is 65.7 Å². The first-order chi connectivity index (χ1) is 25.4. The molecule has 0 aromatic heterocycles. The van der Waals surface area contributed by atoms with E-state index in [1.807, 2.05) is 0 Å². The van der Waals surface area contributed by atoms with E-state index < -0.39 is 5.97 Å². The van der Waals surface area contributed by atoms with Crippen molar-refractivity contribution in [2.75, 3.05) is 145 Å². The minimum atomic E-state index is -0.876. The summed E-state index contributed by atoms with van der Waals surface area (Å²) in [6.45, 7) is 17.9. The maximum atomic E-state index is 12.9. The molecular formula is C38H72N2O12. The van der Waals surface area contributed by atoms with Crippen LogP contribution < -0.4 is 5.32 Å². The van der Waals surface area contributed by atoms with Gasteiger partial charge in [0.1, 0.15) is 0 Å². The molecule has 0 heterocycles. The van der Waals surface area contributed by atoms with Gasteiger partial charge in [0, 0.05) is 38.2 Å². The van der Waals surface area contributed by atoms with E-state index in [1.54, 1.807) is 0 Å². The second-order valence-electron chi connectivity index (χ2n) is 13.0. The maximum Gasteiger partial charge on any atom is 0.305 e. The number of allylic oxidation sites excluding steroid dienone is 2. The molecule has 2 unspecified atom stereocenters. The predicted molar refractivity (Wildman–Crippen MR) is 199 cm³/mol. The summed E-state index contributed by atoms with van der Waals surface area (Å²) >= 11 is 0. The number of carboxylic acid groups (broad SMARTS) is 1. The van der Waals surface area contributed by atoms with Crippen LogP contribution in [0.2, 0.25) is 0 Å². The topological polar surface area (TPSA) is 153 Å². The van der Waals surface area contributed by atoms with Crippen molar-refractivity contribution >= 4 is 11.9 Å². The number of carboxylic acids is 1. The van der Waals surface area contributed by atoms with Gasteiger partial charge in [-0.1, -0.05) is 32.9 Å². The highest BCUT2D eigenvalue weighted by atomic mass is 16.6. The molecule has 0 aliphatic heterocycles. The van der Waals surface area contributed by atoms with Gasteiger partial charge in [0.2, 0.25) is 5.91 Å². The number of carbonyl (C=O) groups excluding carboxylic acids is 1. The number of carbonyl (C=O) groups is 2. The van der Waals surface area contributed by atoms with Gasteiger partial charge in [-0.05, 0) is 44.4 Å². The van der Waals surface area contributed by atoms with Crippen LogP contribution in [0.4, 0.5) is 0 Å². The molecule has 14 nitrogen and oxygen atoms in total. The molecule has 0 aromatic carbocycles. The number of aliphatic carboxylic acids is 1. The number of amides is 1. The van der Waals surface area contributed by atoms with Crippen molar-refractivity contribution in [3.8, 4) is 0 Å². The summed E-state index contributed by atoms with van der Waals surface area (Å²) < 4.78 is 50.2. The fraction of sp³-hybridized carbons (Fsp3) is 0.895. The maximum absolute atomic E-state index is 12.9. The Kier molecular flexibility index (Phi) is 32.5. The van der Waals surface area contributed by atoms with Gasteiger partial charge in [0.15, 0.2) is 0 Å². The molecule has 0 saturated heterocycles. The molecule has 52 heavy (non-hydrogen) atoms. The summed E-state index contributed by atoms with van der Waals surface area (Å²) in [6.07, 6.45) is 10.5. The molecule has 1 aliphatic carbocycles. The van der Waals surface area contributed by atoms with Gasteiger partial charge in [0.05, 0.1) is 119 Å². The van der Waals surface area contributed by atoms with Crippen molar-refractivity contribution in [2.45, 2.75) is 65.7 Å². The van der Waals surface area contributed by atoms with Crippen LogP contribution in [0, 0.1) is 11.3 Å². The molecule has 0 aromatic rings. The monoisotopic (exact) mass is 749 g/mol. The Morgan fingerprint density at radius 2 is 1.10 bits per heavy atom. The zero-order valence-electron chi connectivity index (χ0n) is 32.6. The zero-order chi connectivity index (χ0) is 37.8. The lowest BCUT2D eigenvalue weighted by molar-refractivity contribution is -0.138. The highest BCUT2D eigenvalue weighted by Gasteiger charge is 2.33. The first-order valence-corrected chi connectivity index (χ1v) is 19.5. The summed E-state index contributed by atoms with van der Waals surface area (Å²) in [5.41, 5.74) is -0.321. The Hall–Kier alpha value is -1.72. The summed E-state index contributed by atoms with van der Waals surface area (Å²) in [5.74, 6) is -0.180. The Balaban J connectivity index is 2.13. The Morgan fingerprint density at radius 1 is 0.654 bits per heavy atom. The van der Waals surface area contributed by atoms with E-state index in [4.69, 9.17) is 47.7 Å². The predicted octanol–water partition coefficient (Wildman–Crippen LogP) is 3.60. The highest BCUT2D eigenvalue weighted by molar-refractivity contribution is 5.82. The number of nitrogens with zero attached hydrogens (tertiary/aromatic N) is 1. The molecule has 2 atom stereocenters. The Labute approximate surface area is 313 Å². The fourth-order valence-electron chi connectivity index (χ4n) is 5.28. The average molecular weight is 749 g/mol. The molecule has 1 rings (SSSR count). The number of hydrogen-bond acceptors (Lipinski definition) is 12. The van der Waals surface area contributed by atoms with Gasteiger partial charge < -0.3 is 53.1 Å². The Morgan fingerprint density at radius 3 is 1.56 bits per heavy atom. The molecule has 1 amide bonds. The molecule has 2 N–H and O–H groups in total. The Bertz CT molecular complexity index is 868. The van der Waals surface area contributed by atoms with E-state index in [1.165, 1.54) is 0 Å². The van der Waals surface area contributed by atoms with Gasteiger partial charge >= 0.3 is 5.97 Å². The van der Waals surface area contributed by atoms with Crippen molar-refractivity contribution in [1.29, 1.82) is 0 Å². The molecule has 0 radical (unpaired) electrons. The summed E-state index contributed by atoms with van der Waals surface area (Å²) in [6, 6.07) is 0. The molecule has 14 heteroatoms. The number of nitrogens with one attached hydrogen (secondary N) is 1. The summed E-state index contributed by atoms with van der Waals surface area (Å²) in [5, 5.41) is 11.7. The fourth-order valence-corrected chi connectivity index (χ4v) is 5.28. The van der Waals surface area contributed by atoms with E-state index >= 15 is 0 Å². The van der Waals surface area contributed by atoms with Crippen LogP contribution >= 0.6 is 0 Å². The quantitative estimate of drug-likeness (QED) is 0.0704. The standard InChI is InChI=1S/C38H72N2O12/c1-4-17-44-23-29-50-32-26-47-20-14-40(15-21-48-27-33-51-30-24-45-18-10-36(41)42)16-22-49-28-34-52-31-25-46-19-13-39-37(43)38(3)11-7-6-8-35(5-2)9-12-38/h6,8,35H,4-5,7,9-34H2,1-3H3,(H,39,43)(H,41,42)/b8-6+.